The normalized spacial score (nSPS) is 23.1. The van der Waals surface area contributed by atoms with Gasteiger partial charge in [-0.25, -0.2) is 9.97 Å². The fourth-order valence-electron chi connectivity index (χ4n) is 4.45. The molecule has 1 aromatic heterocycles. The summed E-state index contributed by atoms with van der Waals surface area (Å²) in [5.74, 6) is 1.43. The molecule has 0 radical (unpaired) electrons. The average molecular weight is 420 g/mol. The van der Waals surface area contributed by atoms with Crippen LogP contribution in [0.3, 0.4) is 0 Å². The smallest absolute Gasteiger partial charge is 0.159 e. The molecule has 1 aliphatic rings. The van der Waals surface area contributed by atoms with Crippen LogP contribution < -0.4 is 10.1 Å². The molecule has 1 saturated carbocycles. The van der Waals surface area contributed by atoms with Gasteiger partial charge in [0.1, 0.15) is 5.75 Å². The Bertz CT molecular complexity index is 965. The van der Waals surface area contributed by atoms with E-state index in [9.17, 15) is 10.2 Å². The molecule has 6 nitrogen and oxygen atoms in total. The van der Waals surface area contributed by atoms with Crippen molar-refractivity contribution in [1.82, 2.24) is 15.3 Å². The van der Waals surface area contributed by atoms with Crippen LogP contribution in [0.1, 0.15) is 17.7 Å². The van der Waals surface area contributed by atoms with Crippen LogP contribution in [0.2, 0.25) is 0 Å². The molecule has 3 aromatic rings. The van der Waals surface area contributed by atoms with Gasteiger partial charge in [0.05, 0.1) is 13.2 Å². The van der Waals surface area contributed by atoms with E-state index in [1.807, 2.05) is 60.7 Å². The first-order valence-corrected chi connectivity index (χ1v) is 10.7. The van der Waals surface area contributed by atoms with Crippen LogP contribution in [0, 0.1) is 11.8 Å². The van der Waals surface area contributed by atoms with Gasteiger partial charge in [-0.15, -0.1) is 0 Å². The Morgan fingerprint density at radius 3 is 2.52 bits per heavy atom. The number of nitrogens with zero attached hydrogens (tertiary/aromatic N) is 2. The van der Waals surface area contributed by atoms with Crippen molar-refractivity contribution in [3.05, 3.63) is 78.1 Å². The van der Waals surface area contributed by atoms with Gasteiger partial charge in [-0.2, -0.15) is 0 Å². The highest BCUT2D eigenvalue weighted by Crippen LogP contribution is 2.35. The SMILES string of the molecule is COc1ccc(CNC2CC(O)C(CO)C2Cc2ccnc(-c3ccccc3)n2)cc1. The van der Waals surface area contributed by atoms with Gasteiger partial charge in [-0.1, -0.05) is 42.5 Å². The second-order valence-corrected chi connectivity index (χ2v) is 8.09. The molecule has 0 saturated heterocycles. The number of aliphatic hydroxyl groups is 2. The number of aromatic nitrogens is 2. The minimum Gasteiger partial charge on any atom is -0.497 e. The highest BCUT2D eigenvalue weighted by Gasteiger charge is 2.42. The quantitative estimate of drug-likeness (QED) is 0.520. The lowest BCUT2D eigenvalue weighted by Gasteiger charge is -2.25. The number of hydrogen-bond acceptors (Lipinski definition) is 6. The monoisotopic (exact) mass is 419 g/mol. The van der Waals surface area contributed by atoms with E-state index < -0.39 is 6.10 Å². The summed E-state index contributed by atoms with van der Waals surface area (Å²) >= 11 is 0. The molecule has 31 heavy (non-hydrogen) atoms. The Morgan fingerprint density at radius 2 is 1.81 bits per heavy atom. The van der Waals surface area contributed by atoms with Crippen LogP contribution in [0.15, 0.2) is 66.9 Å². The van der Waals surface area contributed by atoms with Crippen molar-refractivity contribution in [3.8, 4) is 17.1 Å². The fraction of sp³-hybridized carbons (Fsp3) is 0.360. The minimum atomic E-state index is -0.529. The molecule has 0 bridgehead atoms. The van der Waals surface area contributed by atoms with Crippen molar-refractivity contribution < 1.29 is 14.9 Å². The molecular weight excluding hydrogens is 390 g/mol. The van der Waals surface area contributed by atoms with E-state index in [4.69, 9.17) is 9.72 Å². The van der Waals surface area contributed by atoms with Crippen LogP contribution in [0.25, 0.3) is 11.4 Å². The van der Waals surface area contributed by atoms with Gasteiger partial charge >= 0.3 is 0 Å². The molecule has 1 aliphatic carbocycles. The van der Waals surface area contributed by atoms with Gasteiger partial charge in [0.25, 0.3) is 0 Å². The van der Waals surface area contributed by atoms with Gasteiger partial charge in [0.15, 0.2) is 5.82 Å². The predicted molar refractivity (Wildman–Crippen MR) is 119 cm³/mol. The molecule has 4 rings (SSSR count). The van der Waals surface area contributed by atoms with Crippen molar-refractivity contribution in [2.45, 2.75) is 31.5 Å². The predicted octanol–water partition coefficient (Wildman–Crippen LogP) is 2.84. The number of methoxy groups -OCH3 is 1. The van der Waals surface area contributed by atoms with E-state index >= 15 is 0 Å². The third-order valence-electron chi connectivity index (χ3n) is 6.18. The Labute approximate surface area is 183 Å². The molecule has 4 unspecified atom stereocenters. The fourth-order valence-corrected chi connectivity index (χ4v) is 4.45. The number of nitrogens with one attached hydrogen (secondary N) is 1. The minimum absolute atomic E-state index is 0.0385. The highest BCUT2D eigenvalue weighted by molar-refractivity contribution is 5.54. The van der Waals surface area contributed by atoms with Crippen molar-refractivity contribution >= 4 is 0 Å². The summed E-state index contributed by atoms with van der Waals surface area (Å²) in [6, 6.07) is 19.9. The van der Waals surface area contributed by atoms with Gasteiger partial charge in [0.2, 0.25) is 0 Å². The molecule has 0 spiro atoms. The van der Waals surface area contributed by atoms with Gasteiger partial charge in [-0.3, -0.25) is 0 Å². The molecule has 1 fully saturated rings. The lowest BCUT2D eigenvalue weighted by Crippen LogP contribution is -2.36. The number of aliphatic hydroxyl groups excluding tert-OH is 2. The Morgan fingerprint density at radius 1 is 1.03 bits per heavy atom. The maximum Gasteiger partial charge on any atom is 0.159 e. The summed E-state index contributed by atoms with van der Waals surface area (Å²) in [5, 5.41) is 24.1. The summed E-state index contributed by atoms with van der Waals surface area (Å²) in [4.78, 5) is 9.17. The van der Waals surface area contributed by atoms with E-state index in [-0.39, 0.29) is 24.5 Å². The molecule has 162 valence electrons. The highest BCUT2D eigenvalue weighted by atomic mass is 16.5. The van der Waals surface area contributed by atoms with Gasteiger partial charge < -0.3 is 20.3 Å². The number of hydrogen-bond donors (Lipinski definition) is 3. The zero-order valence-corrected chi connectivity index (χ0v) is 17.7. The number of ether oxygens (including phenoxy) is 1. The lowest BCUT2D eigenvalue weighted by molar-refractivity contribution is 0.0716. The number of benzene rings is 2. The maximum absolute atomic E-state index is 10.6. The summed E-state index contributed by atoms with van der Waals surface area (Å²) in [5.41, 5.74) is 3.04. The van der Waals surface area contributed by atoms with Gasteiger partial charge in [0, 0.05) is 42.6 Å². The third-order valence-corrected chi connectivity index (χ3v) is 6.18. The summed E-state index contributed by atoms with van der Waals surface area (Å²) < 4.78 is 5.22. The van der Waals surface area contributed by atoms with Crippen molar-refractivity contribution in [3.63, 3.8) is 0 Å². The first-order valence-electron chi connectivity index (χ1n) is 10.7. The molecular formula is C25H29N3O3. The van der Waals surface area contributed by atoms with E-state index in [0.717, 1.165) is 22.6 Å². The summed E-state index contributed by atoms with van der Waals surface area (Å²) in [7, 11) is 1.66. The second kappa shape index (κ2) is 10.0. The van der Waals surface area contributed by atoms with Crippen LogP contribution in [0.4, 0.5) is 0 Å². The van der Waals surface area contributed by atoms with E-state index in [0.29, 0.717) is 25.2 Å². The van der Waals surface area contributed by atoms with Gasteiger partial charge in [-0.05, 0) is 42.5 Å². The zero-order valence-electron chi connectivity index (χ0n) is 17.7. The molecule has 1 heterocycles. The lowest BCUT2D eigenvalue weighted by atomic mass is 9.88. The Balaban J connectivity index is 1.48. The van der Waals surface area contributed by atoms with Crippen molar-refractivity contribution in [2.75, 3.05) is 13.7 Å². The molecule has 0 aliphatic heterocycles. The Kier molecular flexibility index (Phi) is 6.92. The molecule has 2 aromatic carbocycles. The molecule has 6 heteroatoms. The van der Waals surface area contributed by atoms with Crippen LogP contribution in [-0.4, -0.2) is 46.0 Å². The summed E-state index contributed by atoms with van der Waals surface area (Å²) in [6.07, 6.45) is 2.54. The molecule has 0 amide bonds. The zero-order chi connectivity index (χ0) is 21.6. The van der Waals surface area contributed by atoms with Crippen LogP contribution in [-0.2, 0) is 13.0 Å². The van der Waals surface area contributed by atoms with Crippen molar-refractivity contribution in [1.29, 1.82) is 0 Å². The first kappa shape index (κ1) is 21.4. The molecule has 3 N–H and O–H groups in total. The van der Waals surface area contributed by atoms with Crippen molar-refractivity contribution in [2.24, 2.45) is 11.8 Å². The average Bonchev–Trinajstić information content (AvgIpc) is 3.12. The maximum atomic E-state index is 10.6. The van der Waals surface area contributed by atoms with Crippen LogP contribution in [0.5, 0.6) is 5.75 Å². The standard InChI is InChI=1S/C25H29N3O3/c1-31-20-9-7-17(8-10-20)15-27-23-14-24(30)22(16-29)21(23)13-19-11-12-26-25(28-19)18-5-3-2-4-6-18/h2-12,21-24,27,29-30H,13-16H2,1H3. The summed E-state index contributed by atoms with van der Waals surface area (Å²) in [6.45, 7) is 0.651. The molecule has 4 atom stereocenters. The largest absolute Gasteiger partial charge is 0.497 e. The number of rotatable bonds is 8. The second-order valence-electron chi connectivity index (χ2n) is 8.09. The third kappa shape index (κ3) is 5.10. The van der Waals surface area contributed by atoms with E-state index in [2.05, 4.69) is 10.3 Å². The van der Waals surface area contributed by atoms with E-state index in [1.54, 1.807) is 13.3 Å². The first-order chi connectivity index (χ1) is 15.2. The van der Waals surface area contributed by atoms with Crippen LogP contribution >= 0.6 is 0 Å². The van der Waals surface area contributed by atoms with E-state index in [1.165, 1.54) is 0 Å². The Hall–Kier alpha value is -2.80. The topological polar surface area (TPSA) is 87.5 Å².